The van der Waals surface area contributed by atoms with Crippen molar-refractivity contribution in [3.05, 3.63) is 73.3 Å². The Morgan fingerprint density at radius 1 is 1.16 bits per heavy atom. The number of hydrogen-bond acceptors (Lipinski definition) is 2. The highest BCUT2D eigenvalue weighted by Crippen LogP contribution is 2.54. The van der Waals surface area contributed by atoms with Crippen LogP contribution >= 0.6 is 45.8 Å². The number of amides is 1. The second kappa shape index (κ2) is 6.27. The second-order valence-corrected chi connectivity index (χ2v) is 8.52. The van der Waals surface area contributed by atoms with Gasteiger partial charge in [0, 0.05) is 25.2 Å². The second-order valence-electron chi connectivity index (χ2n) is 6.40. The van der Waals surface area contributed by atoms with Crippen molar-refractivity contribution in [2.75, 3.05) is 5.32 Å². The number of aliphatic hydroxyl groups is 1. The lowest BCUT2D eigenvalue weighted by atomic mass is 9.63. The smallest absolute Gasteiger partial charge is 0.239 e. The maximum absolute atomic E-state index is 13.1. The Kier molecular flexibility index (Phi) is 4.35. The van der Waals surface area contributed by atoms with Gasteiger partial charge in [-0.2, -0.15) is 0 Å². The van der Waals surface area contributed by atoms with Crippen molar-refractivity contribution in [1.82, 2.24) is 0 Å². The van der Waals surface area contributed by atoms with Gasteiger partial charge in [-0.3, -0.25) is 4.79 Å². The molecule has 0 radical (unpaired) electrons. The Balaban J connectivity index is 1.97. The number of fused-ring (bicyclic) bond motifs is 2. The lowest BCUT2D eigenvalue weighted by Gasteiger charge is -2.39. The minimum Gasteiger partial charge on any atom is -0.388 e. The zero-order chi connectivity index (χ0) is 17.8. The van der Waals surface area contributed by atoms with E-state index < -0.39 is 11.5 Å². The van der Waals surface area contributed by atoms with E-state index in [0.29, 0.717) is 16.5 Å². The molecule has 2 aromatic carbocycles. The zero-order valence-electron chi connectivity index (χ0n) is 13.0. The molecule has 1 amide bonds. The van der Waals surface area contributed by atoms with Gasteiger partial charge in [0.05, 0.1) is 6.10 Å². The number of carbonyl (C=O) groups excluding carboxylic acids is 1. The van der Waals surface area contributed by atoms with Gasteiger partial charge in [-0.05, 0) is 64.4 Å². The molecule has 0 saturated carbocycles. The quantitative estimate of drug-likeness (QED) is 0.555. The van der Waals surface area contributed by atoms with Crippen LogP contribution in [0.1, 0.15) is 23.5 Å². The van der Waals surface area contributed by atoms with Crippen molar-refractivity contribution in [3.63, 3.8) is 0 Å². The zero-order valence-corrected chi connectivity index (χ0v) is 16.6. The van der Waals surface area contributed by atoms with E-state index in [4.69, 9.17) is 23.2 Å². The normalized spacial score (nSPS) is 27.8. The first kappa shape index (κ1) is 17.3. The number of aliphatic hydroxyl groups excluding tert-OH is 1. The third-order valence-corrected chi connectivity index (χ3v) is 6.50. The molecule has 1 aliphatic carbocycles. The summed E-state index contributed by atoms with van der Waals surface area (Å²) in [6.45, 7) is 0. The lowest BCUT2D eigenvalue weighted by molar-refractivity contribution is -0.120. The van der Waals surface area contributed by atoms with Gasteiger partial charge in [0.2, 0.25) is 5.91 Å². The highest BCUT2D eigenvalue weighted by molar-refractivity contribution is 14.1. The van der Waals surface area contributed by atoms with Gasteiger partial charge < -0.3 is 10.4 Å². The van der Waals surface area contributed by atoms with Gasteiger partial charge in [-0.15, -0.1) is 0 Å². The molecule has 3 nitrogen and oxygen atoms in total. The average molecular weight is 486 g/mol. The van der Waals surface area contributed by atoms with E-state index in [9.17, 15) is 9.90 Å². The van der Waals surface area contributed by atoms with Crippen LogP contribution in [-0.2, 0) is 10.2 Å². The summed E-state index contributed by atoms with van der Waals surface area (Å²) >= 11 is 14.4. The predicted molar refractivity (Wildman–Crippen MR) is 109 cm³/mol. The van der Waals surface area contributed by atoms with Crippen LogP contribution in [0.25, 0.3) is 0 Å². The number of hydrogen-bond donors (Lipinski definition) is 2. The van der Waals surface area contributed by atoms with Gasteiger partial charge in [0.15, 0.2) is 0 Å². The molecule has 1 spiro atoms. The minimum absolute atomic E-state index is 0.101. The molecule has 128 valence electrons. The van der Waals surface area contributed by atoms with E-state index >= 15 is 0 Å². The molecular formula is C19H14Cl2INO2. The van der Waals surface area contributed by atoms with Gasteiger partial charge in [-0.1, -0.05) is 47.5 Å². The molecule has 0 bridgehead atoms. The van der Waals surface area contributed by atoms with Crippen molar-refractivity contribution in [1.29, 1.82) is 0 Å². The van der Waals surface area contributed by atoms with Gasteiger partial charge in [0.1, 0.15) is 5.41 Å². The fourth-order valence-electron chi connectivity index (χ4n) is 3.88. The van der Waals surface area contributed by atoms with E-state index in [1.165, 1.54) is 0 Å². The van der Waals surface area contributed by atoms with E-state index in [2.05, 4.69) is 27.9 Å². The van der Waals surface area contributed by atoms with Gasteiger partial charge >= 0.3 is 0 Å². The van der Waals surface area contributed by atoms with Crippen LogP contribution in [0.3, 0.4) is 0 Å². The Labute approximate surface area is 169 Å². The highest BCUT2D eigenvalue weighted by atomic mass is 127. The first-order valence-electron chi connectivity index (χ1n) is 7.85. The molecule has 2 aromatic rings. The summed E-state index contributed by atoms with van der Waals surface area (Å²) < 4.78 is 0.772. The van der Waals surface area contributed by atoms with Crippen molar-refractivity contribution in [2.24, 2.45) is 0 Å². The lowest BCUT2D eigenvalue weighted by Crippen LogP contribution is -2.43. The van der Waals surface area contributed by atoms with Crippen molar-refractivity contribution >= 4 is 57.4 Å². The number of nitrogens with one attached hydrogen (secondary N) is 1. The van der Waals surface area contributed by atoms with Gasteiger partial charge in [0.25, 0.3) is 0 Å². The van der Waals surface area contributed by atoms with Crippen LogP contribution in [0.4, 0.5) is 5.69 Å². The Bertz CT molecular complexity index is 914. The molecule has 0 unspecified atom stereocenters. The van der Waals surface area contributed by atoms with Crippen molar-refractivity contribution < 1.29 is 9.90 Å². The third kappa shape index (κ3) is 2.70. The molecule has 25 heavy (non-hydrogen) atoms. The molecule has 4 rings (SSSR count). The van der Waals surface area contributed by atoms with E-state index in [0.717, 1.165) is 20.4 Å². The molecule has 1 aliphatic heterocycles. The standard InChI is InChI=1S/C19H14Cl2INO2/c20-11-3-1-2-10(6-11)14-8-17(24)15(22)9-19(14)13-5-4-12(21)7-16(13)23-18(19)25/h1-7,9,14,17,24H,8H2,(H,23,25)/t14-,17-,19-/m0/s1. The summed E-state index contributed by atoms with van der Waals surface area (Å²) in [5, 5.41) is 14.6. The fraction of sp³-hybridized carbons (Fsp3) is 0.211. The molecule has 2 N–H and O–H groups in total. The van der Waals surface area contributed by atoms with Crippen LogP contribution in [0, 0.1) is 0 Å². The summed E-state index contributed by atoms with van der Waals surface area (Å²) in [6.07, 6.45) is 1.74. The predicted octanol–water partition coefficient (Wildman–Crippen LogP) is 5.05. The summed E-state index contributed by atoms with van der Waals surface area (Å²) in [7, 11) is 0. The number of benzene rings is 2. The topological polar surface area (TPSA) is 49.3 Å². The molecular weight excluding hydrogens is 472 g/mol. The third-order valence-electron chi connectivity index (χ3n) is 4.99. The monoisotopic (exact) mass is 485 g/mol. The molecule has 6 heteroatoms. The minimum atomic E-state index is -0.875. The molecule has 0 saturated heterocycles. The van der Waals surface area contributed by atoms with Crippen LogP contribution in [-0.4, -0.2) is 17.1 Å². The largest absolute Gasteiger partial charge is 0.388 e. The first-order chi connectivity index (χ1) is 11.9. The summed E-state index contributed by atoms with van der Waals surface area (Å²) in [6, 6.07) is 13.0. The molecule has 0 aromatic heterocycles. The van der Waals surface area contributed by atoms with Crippen LogP contribution in [0.5, 0.6) is 0 Å². The Morgan fingerprint density at radius 2 is 1.92 bits per heavy atom. The maximum Gasteiger partial charge on any atom is 0.239 e. The van der Waals surface area contributed by atoms with Crippen LogP contribution < -0.4 is 5.32 Å². The number of halogens is 3. The van der Waals surface area contributed by atoms with Crippen molar-refractivity contribution in [3.8, 4) is 0 Å². The maximum atomic E-state index is 13.1. The Morgan fingerprint density at radius 3 is 2.68 bits per heavy atom. The van der Waals surface area contributed by atoms with Crippen LogP contribution in [0.2, 0.25) is 10.0 Å². The molecule has 1 heterocycles. The van der Waals surface area contributed by atoms with E-state index in [1.54, 1.807) is 18.2 Å². The highest BCUT2D eigenvalue weighted by Gasteiger charge is 2.54. The van der Waals surface area contributed by atoms with E-state index in [-0.39, 0.29) is 11.8 Å². The summed E-state index contributed by atoms with van der Waals surface area (Å²) in [5.74, 6) is -0.321. The summed E-state index contributed by atoms with van der Waals surface area (Å²) in [4.78, 5) is 13.1. The summed E-state index contributed by atoms with van der Waals surface area (Å²) in [5.41, 5.74) is 1.67. The van der Waals surface area contributed by atoms with Crippen molar-refractivity contribution in [2.45, 2.75) is 23.9 Å². The number of anilines is 1. The average Bonchev–Trinajstić information content (AvgIpc) is 2.82. The fourth-order valence-corrected chi connectivity index (χ4v) is 4.99. The number of carbonyl (C=O) groups is 1. The van der Waals surface area contributed by atoms with E-state index in [1.807, 2.05) is 30.3 Å². The van der Waals surface area contributed by atoms with Gasteiger partial charge in [-0.25, -0.2) is 0 Å². The SMILES string of the molecule is O=C1Nc2cc(Cl)ccc2[C@]12C=C(I)[C@@H](O)C[C@H]2c1cccc(Cl)c1. The molecule has 2 aliphatic rings. The first-order valence-corrected chi connectivity index (χ1v) is 9.68. The molecule has 0 fully saturated rings. The number of rotatable bonds is 1. The van der Waals surface area contributed by atoms with Crippen LogP contribution in [0.15, 0.2) is 52.1 Å². The molecule has 3 atom stereocenters. The Hall–Kier alpha value is -1.08.